The van der Waals surface area contributed by atoms with Gasteiger partial charge in [0.15, 0.2) is 0 Å². The molecule has 0 spiro atoms. The van der Waals surface area contributed by atoms with E-state index in [0.717, 1.165) is 42.7 Å². The van der Waals surface area contributed by atoms with Gasteiger partial charge in [-0.25, -0.2) is 8.42 Å². The van der Waals surface area contributed by atoms with Gasteiger partial charge in [-0.05, 0) is 63.6 Å². The van der Waals surface area contributed by atoms with Crippen molar-refractivity contribution in [3.63, 3.8) is 0 Å². The molecule has 148 valence electrons. The second-order valence-electron chi connectivity index (χ2n) is 7.09. The number of piperidine rings is 1. The third-order valence-electron chi connectivity index (χ3n) is 4.99. The highest BCUT2D eigenvalue weighted by molar-refractivity contribution is 7.91. The maximum atomic E-state index is 13.0. The van der Waals surface area contributed by atoms with E-state index >= 15 is 0 Å². The molecule has 26 heavy (non-hydrogen) atoms. The lowest BCUT2D eigenvalue weighted by Crippen LogP contribution is -2.46. The summed E-state index contributed by atoms with van der Waals surface area (Å²) in [5.41, 5.74) is 0.824. The molecule has 0 saturated carbocycles. The Balaban J connectivity index is 0.00000243. The Kier molecular flexibility index (Phi) is 7.50. The van der Waals surface area contributed by atoms with Crippen LogP contribution in [0.3, 0.4) is 0 Å². The van der Waals surface area contributed by atoms with Crippen molar-refractivity contribution >= 4 is 39.7 Å². The number of aryl methyl sites for hydroxylation is 2. The van der Waals surface area contributed by atoms with Gasteiger partial charge >= 0.3 is 0 Å². The average Bonchev–Trinajstić information content (AvgIpc) is 3.22. The van der Waals surface area contributed by atoms with Crippen LogP contribution in [0.15, 0.2) is 10.3 Å². The number of hydrogen-bond donors (Lipinski definition) is 2. The van der Waals surface area contributed by atoms with Gasteiger partial charge in [0.1, 0.15) is 4.21 Å². The first-order valence-corrected chi connectivity index (χ1v) is 11.2. The Morgan fingerprint density at radius 1 is 1.35 bits per heavy atom. The number of thiophene rings is 1. The zero-order valence-electron chi connectivity index (χ0n) is 15.3. The van der Waals surface area contributed by atoms with E-state index in [4.69, 9.17) is 0 Å². The largest absolute Gasteiger partial charge is 0.354 e. The first-order chi connectivity index (χ1) is 11.9. The van der Waals surface area contributed by atoms with E-state index in [1.807, 2.05) is 19.9 Å². The van der Waals surface area contributed by atoms with E-state index in [1.54, 1.807) is 4.31 Å². The van der Waals surface area contributed by atoms with Gasteiger partial charge in [-0.2, -0.15) is 4.31 Å². The summed E-state index contributed by atoms with van der Waals surface area (Å²) < 4.78 is 28.0. The fraction of sp³-hybridized carbons (Fsp3) is 0.706. The Morgan fingerprint density at radius 2 is 2.12 bits per heavy atom. The van der Waals surface area contributed by atoms with Crippen molar-refractivity contribution in [3.05, 3.63) is 16.5 Å². The first kappa shape index (κ1) is 21.6. The number of nitrogens with zero attached hydrogens (tertiary/aromatic N) is 1. The van der Waals surface area contributed by atoms with Gasteiger partial charge < -0.3 is 10.6 Å². The van der Waals surface area contributed by atoms with Gasteiger partial charge in [-0.3, -0.25) is 4.79 Å². The molecule has 0 radical (unpaired) electrons. The third-order valence-corrected chi connectivity index (χ3v) is 8.62. The normalized spacial score (nSPS) is 24.2. The maximum absolute atomic E-state index is 13.0. The number of nitrogens with one attached hydrogen (secondary N) is 2. The Bertz CT molecular complexity index is 730. The minimum absolute atomic E-state index is 0. The van der Waals surface area contributed by atoms with Gasteiger partial charge in [0.05, 0.1) is 6.04 Å². The fourth-order valence-electron chi connectivity index (χ4n) is 3.68. The predicted molar refractivity (Wildman–Crippen MR) is 107 cm³/mol. The number of halogens is 1. The topological polar surface area (TPSA) is 78.5 Å². The lowest BCUT2D eigenvalue weighted by Gasteiger charge is -2.32. The monoisotopic (exact) mass is 421 g/mol. The van der Waals surface area contributed by atoms with Crippen LogP contribution in [0.1, 0.15) is 36.1 Å². The number of hydrogen-bond acceptors (Lipinski definition) is 5. The average molecular weight is 422 g/mol. The number of carbonyl (C=O) groups is 1. The molecule has 2 N–H and O–H groups in total. The number of sulfonamides is 1. The summed E-state index contributed by atoms with van der Waals surface area (Å²) in [6, 6.07) is 1.84. The summed E-state index contributed by atoms with van der Waals surface area (Å²) in [6.45, 7) is 6.28. The van der Waals surface area contributed by atoms with E-state index in [2.05, 4.69) is 10.6 Å². The predicted octanol–water partition coefficient (Wildman–Crippen LogP) is 2.06. The molecule has 0 bridgehead atoms. The Hall–Kier alpha value is -0.670. The first-order valence-electron chi connectivity index (χ1n) is 8.96. The van der Waals surface area contributed by atoms with Crippen LogP contribution in [0.4, 0.5) is 0 Å². The number of rotatable bonds is 5. The van der Waals surface area contributed by atoms with Crippen LogP contribution in [-0.4, -0.2) is 50.9 Å². The summed E-state index contributed by atoms with van der Waals surface area (Å²) in [5.74, 6) is 0.220. The maximum Gasteiger partial charge on any atom is 0.252 e. The summed E-state index contributed by atoms with van der Waals surface area (Å²) in [4.78, 5) is 13.1. The fourth-order valence-corrected chi connectivity index (χ4v) is 7.04. The van der Waals surface area contributed by atoms with E-state index < -0.39 is 10.0 Å². The molecule has 1 aromatic rings. The van der Waals surface area contributed by atoms with Crippen molar-refractivity contribution in [1.82, 2.24) is 14.9 Å². The third kappa shape index (κ3) is 4.78. The number of amides is 1. The zero-order chi connectivity index (χ0) is 18.0. The summed E-state index contributed by atoms with van der Waals surface area (Å²) in [7, 11) is -3.43. The zero-order valence-corrected chi connectivity index (χ0v) is 17.7. The van der Waals surface area contributed by atoms with Gasteiger partial charge in [-0.1, -0.05) is 0 Å². The van der Waals surface area contributed by atoms with Crippen LogP contribution in [0.2, 0.25) is 0 Å². The second-order valence-corrected chi connectivity index (χ2v) is 10.5. The molecule has 2 aliphatic heterocycles. The molecule has 2 fully saturated rings. The Labute approximate surface area is 166 Å². The van der Waals surface area contributed by atoms with Crippen molar-refractivity contribution in [1.29, 1.82) is 0 Å². The van der Waals surface area contributed by atoms with Gasteiger partial charge in [0.2, 0.25) is 5.91 Å². The van der Waals surface area contributed by atoms with Crippen molar-refractivity contribution in [2.45, 2.75) is 49.8 Å². The van der Waals surface area contributed by atoms with Crippen LogP contribution in [-0.2, 0) is 14.8 Å². The summed E-state index contributed by atoms with van der Waals surface area (Å²) >= 11 is 1.34. The summed E-state index contributed by atoms with van der Waals surface area (Å²) in [5, 5.41) is 6.19. The smallest absolute Gasteiger partial charge is 0.252 e. The SMILES string of the molecule is Cc1cc(C)c(S(=O)(=O)N2CCCC(CNC(=O)C3CCCN3)C2)s1.Cl. The van der Waals surface area contributed by atoms with Crippen molar-refractivity contribution < 1.29 is 13.2 Å². The van der Waals surface area contributed by atoms with Gasteiger partial charge in [0.25, 0.3) is 10.0 Å². The van der Waals surface area contributed by atoms with E-state index in [0.29, 0.717) is 23.8 Å². The molecule has 0 aromatic carbocycles. The van der Waals surface area contributed by atoms with Crippen molar-refractivity contribution in [3.8, 4) is 0 Å². The lowest BCUT2D eigenvalue weighted by molar-refractivity contribution is -0.123. The molecule has 2 unspecified atom stereocenters. The van der Waals surface area contributed by atoms with E-state index in [9.17, 15) is 13.2 Å². The molecular formula is C17H28ClN3O3S2. The van der Waals surface area contributed by atoms with E-state index in [-0.39, 0.29) is 30.3 Å². The highest BCUT2D eigenvalue weighted by Crippen LogP contribution is 2.31. The Morgan fingerprint density at radius 3 is 2.73 bits per heavy atom. The van der Waals surface area contributed by atoms with Crippen molar-refractivity contribution in [2.24, 2.45) is 5.92 Å². The van der Waals surface area contributed by atoms with Crippen LogP contribution >= 0.6 is 23.7 Å². The van der Waals surface area contributed by atoms with Crippen LogP contribution in [0.5, 0.6) is 0 Å². The summed E-state index contributed by atoms with van der Waals surface area (Å²) in [6.07, 6.45) is 3.71. The highest BCUT2D eigenvalue weighted by Gasteiger charge is 2.33. The molecule has 9 heteroatoms. The molecule has 1 amide bonds. The van der Waals surface area contributed by atoms with Gasteiger partial charge in [-0.15, -0.1) is 23.7 Å². The standard InChI is InChI=1S/C17H27N3O3S2.ClH/c1-12-9-13(2)24-17(12)25(22,23)20-8-4-5-14(11-20)10-19-16(21)15-6-3-7-18-15;/h9,14-15,18H,3-8,10-11H2,1-2H3,(H,19,21);1H. The van der Waals surface area contributed by atoms with Gasteiger partial charge in [0, 0.05) is 24.5 Å². The van der Waals surface area contributed by atoms with Crippen LogP contribution < -0.4 is 10.6 Å². The molecule has 2 aliphatic rings. The molecule has 2 saturated heterocycles. The second kappa shape index (κ2) is 9.01. The highest BCUT2D eigenvalue weighted by atomic mass is 35.5. The minimum Gasteiger partial charge on any atom is -0.354 e. The number of carbonyl (C=O) groups excluding carboxylic acids is 1. The molecule has 3 rings (SSSR count). The molecule has 1 aromatic heterocycles. The van der Waals surface area contributed by atoms with E-state index in [1.165, 1.54) is 11.3 Å². The molecule has 3 heterocycles. The molecule has 6 nitrogen and oxygen atoms in total. The van der Waals surface area contributed by atoms with Crippen LogP contribution in [0, 0.1) is 19.8 Å². The quantitative estimate of drug-likeness (QED) is 0.762. The lowest BCUT2D eigenvalue weighted by atomic mass is 9.99. The molecular weight excluding hydrogens is 394 g/mol. The van der Waals surface area contributed by atoms with Crippen LogP contribution in [0.25, 0.3) is 0 Å². The molecule has 0 aliphatic carbocycles. The molecule has 2 atom stereocenters. The van der Waals surface area contributed by atoms with Crippen molar-refractivity contribution in [2.75, 3.05) is 26.2 Å². The minimum atomic E-state index is -3.43.